The summed E-state index contributed by atoms with van der Waals surface area (Å²) in [5.74, 6) is 0.150. The predicted molar refractivity (Wildman–Crippen MR) is 41.7 cm³/mol. The number of rotatable bonds is 0. The number of hydrogen-bond donors (Lipinski definition) is 3. The summed E-state index contributed by atoms with van der Waals surface area (Å²) in [7, 11) is 0. The minimum Gasteiger partial charge on any atom is -0.508 e. The van der Waals surface area contributed by atoms with E-state index in [4.69, 9.17) is 16.6 Å². The van der Waals surface area contributed by atoms with E-state index < -0.39 is 0 Å². The van der Waals surface area contributed by atoms with Crippen LogP contribution >= 0.6 is 0 Å². The zero-order valence-corrected chi connectivity index (χ0v) is 5.76. The van der Waals surface area contributed by atoms with Crippen LogP contribution in [0, 0.1) is 6.92 Å². The van der Waals surface area contributed by atoms with Gasteiger partial charge in [0.25, 0.3) is 0 Å². The van der Waals surface area contributed by atoms with E-state index in [9.17, 15) is 0 Å². The van der Waals surface area contributed by atoms with Gasteiger partial charge in [-0.15, -0.1) is 0 Å². The standard InChI is InChI=1S/C7H10N2O/c1-4-6(9)2-5(8)3-7(4)10/h2-3,10H,8-9H2,1H3. The van der Waals surface area contributed by atoms with Crippen LogP contribution in [0.25, 0.3) is 0 Å². The van der Waals surface area contributed by atoms with Crippen molar-refractivity contribution >= 4 is 11.4 Å². The Kier molecular flexibility index (Phi) is 1.41. The summed E-state index contributed by atoms with van der Waals surface area (Å²) in [5.41, 5.74) is 12.6. The van der Waals surface area contributed by atoms with Crippen molar-refractivity contribution in [1.82, 2.24) is 0 Å². The molecule has 3 heteroatoms. The zero-order valence-electron chi connectivity index (χ0n) is 5.76. The maximum Gasteiger partial charge on any atom is 0.122 e. The Balaban J connectivity index is 3.31. The van der Waals surface area contributed by atoms with Gasteiger partial charge in [-0.05, 0) is 13.0 Å². The van der Waals surface area contributed by atoms with Gasteiger partial charge in [-0.25, -0.2) is 0 Å². The normalized spacial score (nSPS) is 9.70. The molecule has 0 fully saturated rings. The first-order chi connectivity index (χ1) is 4.61. The van der Waals surface area contributed by atoms with Gasteiger partial charge >= 0.3 is 0 Å². The highest BCUT2D eigenvalue weighted by Crippen LogP contribution is 2.25. The average Bonchev–Trinajstić information content (AvgIpc) is 1.82. The number of phenols is 1. The minimum absolute atomic E-state index is 0.150. The lowest BCUT2D eigenvalue weighted by molar-refractivity contribution is 0.472. The van der Waals surface area contributed by atoms with Gasteiger partial charge in [0.05, 0.1) is 0 Å². The molecule has 0 spiro atoms. The molecular weight excluding hydrogens is 128 g/mol. The fourth-order valence-corrected chi connectivity index (χ4v) is 0.743. The maximum atomic E-state index is 9.12. The molecule has 0 atom stereocenters. The van der Waals surface area contributed by atoms with E-state index in [2.05, 4.69) is 0 Å². The van der Waals surface area contributed by atoms with Crippen LogP contribution in [0.4, 0.5) is 11.4 Å². The van der Waals surface area contributed by atoms with Gasteiger partial charge in [0.2, 0.25) is 0 Å². The number of hydrogen-bond acceptors (Lipinski definition) is 3. The second-order valence-electron chi connectivity index (χ2n) is 2.25. The zero-order chi connectivity index (χ0) is 7.72. The third-order valence-electron chi connectivity index (χ3n) is 1.44. The van der Waals surface area contributed by atoms with Crippen LogP contribution in [0.3, 0.4) is 0 Å². The number of aromatic hydroxyl groups is 1. The summed E-state index contributed by atoms with van der Waals surface area (Å²) in [4.78, 5) is 0. The molecule has 1 aromatic carbocycles. The summed E-state index contributed by atoms with van der Waals surface area (Å²) in [5, 5.41) is 9.12. The van der Waals surface area contributed by atoms with Crippen LogP contribution in [0.2, 0.25) is 0 Å². The van der Waals surface area contributed by atoms with Crippen molar-refractivity contribution in [3.05, 3.63) is 17.7 Å². The number of phenolic OH excluding ortho intramolecular Hbond substituents is 1. The highest BCUT2D eigenvalue weighted by molar-refractivity contribution is 5.62. The molecule has 0 saturated carbocycles. The van der Waals surface area contributed by atoms with E-state index in [1.807, 2.05) is 0 Å². The van der Waals surface area contributed by atoms with Crippen LogP contribution in [-0.2, 0) is 0 Å². The molecule has 0 amide bonds. The maximum absolute atomic E-state index is 9.12. The Morgan fingerprint density at radius 2 is 1.90 bits per heavy atom. The molecule has 1 aromatic rings. The van der Waals surface area contributed by atoms with E-state index in [-0.39, 0.29) is 5.75 Å². The molecule has 0 aliphatic carbocycles. The second kappa shape index (κ2) is 2.10. The molecule has 0 unspecified atom stereocenters. The van der Waals surface area contributed by atoms with Gasteiger partial charge in [0.15, 0.2) is 0 Å². The summed E-state index contributed by atoms with van der Waals surface area (Å²) in [6.07, 6.45) is 0. The van der Waals surface area contributed by atoms with E-state index in [0.717, 1.165) is 0 Å². The summed E-state index contributed by atoms with van der Waals surface area (Å²) >= 11 is 0. The molecule has 1 rings (SSSR count). The first-order valence-electron chi connectivity index (χ1n) is 2.96. The number of anilines is 2. The topological polar surface area (TPSA) is 72.3 Å². The van der Waals surface area contributed by atoms with Crippen LogP contribution < -0.4 is 11.5 Å². The smallest absolute Gasteiger partial charge is 0.122 e. The van der Waals surface area contributed by atoms with E-state index >= 15 is 0 Å². The Hall–Kier alpha value is -1.38. The highest BCUT2D eigenvalue weighted by atomic mass is 16.3. The lowest BCUT2D eigenvalue weighted by Gasteiger charge is -2.03. The van der Waals surface area contributed by atoms with E-state index in [1.165, 1.54) is 6.07 Å². The largest absolute Gasteiger partial charge is 0.508 e. The Labute approximate surface area is 59.3 Å². The summed E-state index contributed by atoms with van der Waals surface area (Å²) in [6, 6.07) is 3.10. The van der Waals surface area contributed by atoms with Gasteiger partial charge < -0.3 is 16.6 Å². The first kappa shape index (κ1) is 6.74. The first-order valence-corrected chi connectivity index (χ1v) is 2.96. The van der Waals surface area contributed by atoms with Crippen LogP contribution in [0.1, 0.15) is 5.56 Å². The van der Waals surface area contributed by atoms with E-state index in [1.54, 1.807) is 13.0 Å². The van der Waals surface area contributed by atoms with Crippen molar-refractivity contribution in [2.45, 2.75) is 6.92 Å². The SMILES string of the molecule is Cc1c(N)cc(N)cc1O. The monoisotopic (exact) mass is 138 g/mol. The van der Waals surface area contributed by atoms with Gasteiger partial charge in [-0.3, -0.25) is 0 Å². The highest BCUT2D eigenvalue weighted by Gasteiger charge is 1.99. The van der Waals surface area contributed by atoms with Crippen molar-refractivity contribution < 1.29 is 5.11 Å². The predicted octanol–water partition coefficient (Wildman–Crippen LogP) is 0.865. The fourth-order valence-electron chi connectivity index (χ4n) is 0.743. The Morgan fingerprint density at radius 1 is 1.30 bits per heavy atom. The lowest BCUT2D eigenvalue weighted by atomic mass is 10.1. The molecule has 0 aliphatic heterocycles. The number of benzene rings is 1. The van der Waals surface area contributed by atoms with Crippen molar-refractivity contribution in [3.8, 4) is 5.75 Å². The molecule has 0 aliphatic rings. The fraction of sp³-hybridized carbons (Fsp3) is 0.143. The molecule has 3 nitrogen and oxygen atoms in total. The van der Waals surface area contributed by atoms with Crippen LogP contribution in [0.5, 0.6) is 5.75 Å². The number of nitrogen functional groups attached to an aromatic ring is 2. The molecule has 5 N–H and O–H groups in total. The third-order valence-corrected chi connectivity index (χ3v) is 1.44. The van der Waals surface area contributed by atoms with Gasteiger partial charge in [-0.1, -0.05) is 0 Å². The van der Waals surface area contributed by atoms with Gasteiger partial charge in [0.1, 0.15) is 5.75 Å². The molecule has 10 heavy (non-hydrogen) atoms. The molecule has 0 heterocycles. The Bertz CT molecular complexity index is 235. The molecule has 0 radical (unpaired) electrons. The third kappa shape index (κ3) is 0.978. The van der Waals surface area contributed by atoms with Crippen molar-refractivity contribution in [3.63, 3.8) is 0 Å². The van der Waals surface area contributed by atoms with Gasteiger partial charge in [0, 0.05) is 23.0 Å². The van der Waals surface area contributed by atoms with Crippen molar-refractivity contribution in [2.24, 2.45) is 0 Å². The van der Waals surface area contributed by atoms with Crippen LogP contribution in [-0.4, -0.2) is 5.11 Å². The quantitative estimate of drug-likeness (QED) is 0.466. The second-order valence-corrected chi connectivity index (χ2v) is 2.25. The lowest BCUT2D eigenvalue weighted by Crippen LogP contribution is -1.92. The summed E-state index contributed by atoms with van der Waals surface area (Å²) < 4.78 is 0. The molecule has 0 aromatic heterocycles. The van der Waals surface area contributed by atoms with E-state index in [0.29, 0.717) is 16.9 Å². The molecule has 54 valence electrons. The summed E-state index contributed by atoms with van der Waals surface area (Å²) in [6.45, 7) is 1.74. The minimum atomic E-state index is 0.150. The van der Waals surface area contributed by atoms with Crippen molar-refractivity contribution in [1.29, 1.82) is 0 Å². The van der Waals surface area contributed by atoms with Gasteiger partial charge in [-0.2, -0.15) is 0 Å². The molecule has 0 bridgehead atoms. The molecule has 0 saturated heterocycles. The number of nitrogens with two attached hydrogens (primary N) is 2. The Morgan fingerprint density at radius 3 is 2.40 bits per heavy atom. The van der Waals surface area contributed by atoms with Crippen molar-refractivity contribution in [2.75, 3.05) is 11.5 Å². The molecular formula is C7H10N2O. The van der Waals surface area contributed by atoms with Crippen LogP contribution in [0.15, 0.2) is 12.1 Å². The average molecular weight is 138 g/mol.